The quantitative estimate of drug-likeness (QED) is 0.693. The van der Waals surface area contributed by atoms with Gasteiger partial charge < -0.3 is 20.5 Å². The fourth-order valence-corrected chi connectivity index (χ4v) is 3.28. The first-order valence-electron chi connectivity index (χ1n) is 9.54. The smallest absolute Gasteiger partial charge is 0.252 e. The number of fused-ring (bicyclic) bond motifs is 1. The number of hydrogen-bond donors (Lipinski definition) is 3. The maximum Gasteiger partial charge on any atom is 0.252 e. The minimum atomic E-state index is -0.656. The maximum absolute atomic E-state index is 12.3. The van der Waals surface area contributed by atoms with Crippen LogP contribution in [0.15, 0.2) is 42.6 Å². The molecule has 6 heteroatoms. The van der Waals surface area contributed by atoms with E-state index in [0.717, 1.165) is 13.0 Å². The molecule has 6 nitrogen and oxygen atoms in total. The van der Waals surface area contributed by atoms with Crippen LogP contribution < -0.4 is 15.4 Å². The number of nitrogens with zero attached hydrogens (tertiary/aromatic N) is 1. The van der Waals surface area contributed by atoms with E-state index < -0.39 is 6.10 Å². The fourth-order valence-electron chi connectivity index (χ4n) is 3.28. The number of rotatable bonds is 7. The van der Waals surface area contributed by atoms with Crippen molar-refractivity contribution in [3.05, 3.63) is 59.3 Å². The van der Waals surface area contributed by atoms with Gasteiger partial charge in [0.2, 0.25) is 5.88 Å². The van der Waals surface area contributed by atoms with Crippen molar-refractivity contribution in [2.24, 2.45) is 5.92 Å². The van der Waals surface area contributed by atoms with Crippen LogP contribution in [0.2, 0.25) is 0 Å². The Kier molecular flexibility index (Phi) is 5.36. The number of pyridine rings is 1. The van der Waals surface area contributed by atoms with Crippen LogP contribution in [0, 0.1) is 5.92 Å². The van der Waals surface area contributed by atoms with E-state index in [1.165, 1.54) is 30.2 Å². The average molecular weight is 367 g/mol. The van der Waals surface area contributed by atoms with E-state index in [4.69, 9.17) is 4.74 Å². The summed E-state index contributed by atoms with van der Waals surface area (Å²) in [6.07, 6.45) is 4.06. The highest BCUT2D eigenvalue weighted by Gasteiger charge is 2.25. The highest BCUT2D eigenvalue weighted by Crippen LogP contribution is 2.29. The third kappa shape index (κ3) is 4.64. The van der Waals surface area contributed by atoms with Gasteiger partial charge in [-0.25, -0.2) is 4.98 Å². The molecule has 1 aliphatic carbocycles. The van der Waals surface area contributed by atoms with E-state index >= 15 is 0 Å². The number of carbonyl (C=O) groups is 1. The van der Waals surface area contributed by atoms with Gasteiger partial charge in [0.1, 0.15) is 0 Å². The van der Waals surface area contributed by atoms with Gasteiger partial charge in [-0.3, -0.25) is 4.79 Å². The number of nitrogens with one attached hydrogen (secondary N) is 2. The zero-order valence-corrected chi connectivity index (χ0v) is 15.2. The highest BCUT2D eigenvalue weighted by atomic mass is 16.5. The zero-order valence-electron chi connectivity index (χ0n) is 15.2. The van der Waals surface area contributed by atoms with E-state index in [0.29, 0.717) is 24.0 Å². The Balaban J connectivity index is 1.26. The molecule has 1 amide bonds. The molecular formula is C21H25N3O3. The van der Waals surface area contributed by atoms with Gasteiger partial charge in [-0.1, -0.05) is 24.3 Å². The number of aromatic nitrogens is 1. The Hall–Kier alpha value is -2.44. The van der Waals surface area contributed by atoms with E-state index in [-0.39, 0.29) is 18.5 Å². The first-order valence-corrected chi connectivity index (χ1v) is 9.54. The van der Waals surface area contributed by atoms with Crippen molar-refractivity contribution in [3.63, 3.8) is 0 Å². The summed E-state index contributed by atoms with van der Waals surface area (Å²) in [6.45, 7) is 1.62. The van der Waals surface area contributed by atoms with Gasteiger partial charge in [-0.15, -0.1) is 0 Å². The summed E-state index contributed by atoms with van der Waals surface area (Å²) in [5, 5.41) is 16.6. The molecule has 0 unspecified atom stereocenters. The van der Waals surface area contributed by atoms with Crippen LogP contribution >= 0.6 is 0 Å². The Bertz CT molecular complexity index is 790. The number of aliphatic hydroxyl groups excluding tert-OH is 1. The lowest BCUT2D eigenvalue weighted by Gasteiger charge is -2.30. The van der Waals surface area contributed by atoms with Gasteiger partial charge in [0.05, 0.1) is 18.3 Å². The zero-order chi connectivity index (χ0) is 18.6. The van der Waals surface area contributed by atoms with Crippen molar-refractivity contribution in [2.45, 2.75) is 38.0 Å². The van der Waals surface area contributed by atoms with Crippen molar-refractivity contribution in [3.8, 4) is 5.88 Å². The van der Waals surface area contributed by atoms with Crippen molar-refractivity contribution in [2.75, 3.05) is 13.2 Å². The summed E-state index contributed by atoms with van der Waals surface area (Å²) < 4.78 is 5.58. The van der Waals surface area contributed by atoms with E-state index in [1.807, 2.05) is 12.1 Å². The number of carbonyl (C=O) groups excluding carboxylic acids is 1. The van der Waals surface area contributed by atoms with Crippen molar-refractivity contribution >= 4 is 5.91 Å². The second-order valence-corrected chi connectivity index (χ2v) is 7.38. The van der Waals surface area contributed by atoms with Crippen LogP contribution in [-0.4, -0.2) is 41.3 Å². The van der Waals surface area contributed by atoms with Gasteiger partial charge >= 0.3 is 0 Å². The molecule has 27 heavy (non-hydrogen) atoms. The molecule has 2 aromatic rings. The summed E-state index contributed by atoms with van der Waals surface area (Å²) >= 11 is 0. The molecule has 1 aromatic carbocycles. The normalized spacial score (nSPS) is 19.8. The second kappa shape index (κ2) is 8.06. The van der Waals surface area contributed by atoms with Crippen LogP contribution in [0.4, 0.5) is 0 Å². The molecule has 3 N–H and O–H groups in total. The van der Waals surface area contributed by atoms with Gasteiger partial charge in [0, 0.05) is 31.4 Å². The number of ether oxygens (including phenoxy) is 1. The van der Waals surface area contributed by atoms with Crippen LogP contribution in [-0.2, 0) is 13.0 Å². The Morgan fingerprint density at radius 1 is 1.26 bits per heavy atom. The SMILES string of the molecule is O=C(NC[C@@H](O)[C@@H]1Cc2ccccc2CN1)c1ccc(OCC2CC2)nc1. The molecule has 1 aliphatic heterocycles. The molecule has 0 spiro atoms. The molecule has 2 aliphatic rings. The highest BCUT2D eigenvalue weighted by molar-refractivity contribution is 5.93. The summed E-state index contributed by atoms with van der Waals surface area (Å²) in [6, 6.07) is 11.6. The van der Waals surface area contributed by atoms with Crippen molar-refractivity contribution in [1.29, 1.82) is 0 Å². The van der Waals surface area contributed by atoms with Gasteiger partial charge in [-0.2, -0.15) is 0 Å². The van der Waals surface area contributed by atoms with Gasteiger partial charge in [0.15, 0.2) is 0 Å². The molecule has 0 saturated heterocycles. The summed E-state index contributed by atoms with van der Waals surface area (Å²) in [5.41, 5.74) is 2.97. The number of benzene rings is 1. The first kappa shape index (κ1) is 17.9. The number of aliphatic hydroxyl groups is 1. The van der Waals surface area contributed by atoms with Gasteiger partial charge in [0.25, 0.3) is 5.91 Å². The topological polar surface area (TPSA) is 83.5 Å². The predicted molar refractivity (Wildman–Crippen MR) is 102 cm³/mol. The molecule has 4 rings (SSSR count). The van der Waals surface area contributed by atoms with Crippen molar-refractivity contribution < 1.29 is 14.6 Å². The molecule has 0 radical (unpaired) electrons. The van der Waals surface area contributed by atoms with Crippen LogP contribution in [0.1, 0.15) is 34.3 Å². The Morgan fingerprint density at radius 2 is 2.07 bits per heavy atom. The molecular weight excluding hydrogens is 342 g/mol. The number of hydrogen-bond acceptors (Lipinski definition) is 5. The van der Waals surface area contributed by atoms with Crippen molar-refractivity contribution in [1.82, 2.24) is 15.6 Å². The third-order valence-corrected chi connectivity index (χ3v) is 5.21. The molecule has 2 atom stereocenters. The molecule has 142 valence electrons. The molecule has 1 aromatic heterocycles. The largest absolute Gasteiger partial charge is 0.477 e. The lowest BCUT2D eigenvalue weighted by atomic mass is 9.93. The van der Waals surface area contributed by atoms with Crippen LogP contribution in [0.5, 0.6) is 5.88 Å². The van der Waals surface area contributed by atoms with E-state index in [2.05, 4.69) is 27.8 Å². The predicted octanol–water partition coefficient (Wildman–Crippen LogP) is 1.68. The summed E-state index contributed by atoms with van der Waals surface area (Å²) in [7, 11) is 0. The van der Waals surface area contributed by atoms with Crippen LogP contribution in [0.25, 0.3) is 0 Å². The third-order valence-electron chi connectivity index (χ3n) is 5.21. The lowest BCUT2D eigenvalue weighted by Crippen LogP contribution is -2.49. The summed E-state index contributed by atoms with van der Waals surface area (Å²) in [4.78, 5) is 16.5. The molecule has 1 saturated carbocycles. The van der Waals surface area contributed by atoms with Crippen LogP contribution in [0.3, 0.4) is 0 Å². The lowest BCUT2D eigenvalue weighted by molar-refractivity contribution is 0.0869. The molecule has 1 fully saturated rings. The summed E-state index contributed by atoms with van der Waals surface area (Å²) in [5.74, 6) is 0.965. The molecule has 0 bridgehead atoms. The average Bonchev–Trinajstić information content (AvgIpc) is 3.55. The van der Waals surface area contributed by atoms with E-state index in [1.54, 1.807) is 12.1 Å². The maximum atomic E-state index is 12.3. The number of amides is 1. The minimum Gasteiger partial charge on any atom is -0.477 e. The second-order valence-electron chi connectivity index (χ2n) is 7.38. The monoisotopic (exact) mass is 367 g/mol. The van der Waals surface area contributed by atoms with E-state index in [9.17, 15) is 9.90 Å². The first-order chi connectivity index (χ1) is 13.2. The fraction of sp³-hybridized carbons (Fsp3) is 0.429. The Morgan fingerprint density at radius 3 is 2.81 bits per heavy atom. The molecule has 2 heterocycles. The standard InChI is InChI=1S/C21H25N3O3/c25-19(18-9-15-3-1-2-4-16(15)10-22-18)12-24-21(26)17-7-8-20(23-11-17)27-13-14-5-6-14/h1-4,7-8,11,14,18-19,22,25H,5-6,9-10,12-13H2,(H,24,26)/t18-,19+/m0/s1. The Labute approximate surface area is 159 Å². The minimum absolute atomic E-state index is 0.0727. The van der Waals surface area contributed by atoms with Gasteiger partial charge in [-0.05, 0) is 42.4 Å².